The molecule has 0 aliphatic carbocycles. The molecule has 0 amide bonds. The summed E-state index contributed by atoms with van der Waals surface area (Å²) in [5, 5.41) is 20.1. The zero-order valence-electron chi connectivity index (χ0n) is 12.0. The van der Waals surface area contributed by atoms with Gasteiger partial charge in [0.1, 0.15) is 6.61 Å². The zero-order valence-corrected chi connectivity index (χ0v) is 12.0. The number of nitro groups is 1. The Labute approximate surface area is 123 Å². The molecule has 21 heavy (non-hydrogen) atoms. The van der Waals surface area contributed by atoms with Crippen LogP contribution in [0.4, 0.5) is 5.69 Å². The predicted molar refractivity (Wildman–Crippen MR) is 79.3 cm³/mol. The van der Waals surface area contributed by atoms with E-state index in [1.165, 1.54) is 18.2 Å². The van der Waals surface area contributed by atoms with Crippen molar-refractivity contribution in [2.45, 2.75) is 27.1 Å². The third kappa shape index (κ3) is 3.79. The molecule has 0 bridgehead atoms. The van der Waals surface area contributed by atoms with Crippen molar-refractivity contribution in [3.63, 3.8) is 0 Å². The largest absolute Gasteiger partial charge is 0.482 e. The molecule has 0 spiro atoms. The molecule has 0 unspecified atom stereocenters. The molecule has 0 fully saturated rings. The lowest BCUT2D eigenvalue weighted by molar-refractivity contribution is -0.386. The highest BCUT2D eigenvalue weighted by atomic mass is 16.6. The summed E-state index contributed by atoms with van der Waals surface area (Å²) in [5.41, 5.74) is 3.67. The lowest BCUT2D eigenvalue weighted by atomic mass is 10.1. The van der Waals surface area contributed by atoms with Gasteiger partial charge < -0.3 is 9.84 Å². The van der Waals surface area contributed by atoms with Gasteiger partial charge in [-0.25, -0.2) is 0 Å². The number of rotatable bonds is 5. The molecule has 5 heteroatoms. The first-order valence-electron chi connectivity index (χ1n) is 6.57. The van der Waals surface area contributed by atoms with Crippen molar-refractivity contribution >= 4 is 5.69 Å². The van der Waals surface area contributed by atoms with Gasteiger partial charge in [0.15, 0.2) is 5.75 Å². The van der Waals surface area contributed by atoms with Crippen LogP contribution in [0.3, 0.4) is 0 Å². The fourth-order valence-electron chi connectivity index (χ4n) is 2.24. The molecule has 2 aromatic rings. The second-order valence-corrected chi connectivity index (χ2v) is 5.00. The molecule has 2 rings (SSSR count). The second kappa shape index (κ2) is 6.37. The topological polar surface area (TPSA) is 72.6 Å². The van der Waals surface area contributed by atoms with E-state index in [1.54, 1.807) is 0 Å². The maximum Gasteiger partial charge on any atom is 0.310 e. The van der Waals surface area contributed by atoms with Crippen molar-refractivity contribution in [1.29, 1.82) is 0 Å². The van der Waals surface area contributed by atoms with Crippen LogP contribution < -0.4 is 4.74 Å². The Hall–Kier alpha value is -2.40. The fourth-order valence-corrected chi connectivity index (χ4v) is 2.24. The number of aryl methyl sites for hydroxylation is 2. The van der Waals surface area contributed by atoms with Crippen LogP contribution in [0, 0.1) is 24.0 Å². The van der Waals surface area contributed by atoms with E-state index >= 15 is 0 Å². The van der Waals surface area contributed by atoms with E-state index in [9.17, 15) is 10.1 Å². The minimum absolute atomic E-state index is 0.100. The first kappa shape index (κ1) is 15.0. The number of aliphatic hydroxyl groups excluding tert-OH is 1. The lowest BCUT2D eigenvalue weighted by Gasteiger charge is -2.09. The standard InChI is InChI=1S/C16H17NO4/c1-11-5-12(2)7-14(6-11)10-21-16-8-13(9-18)3-4-15(16)17(19)20/h3-8,18H,9-10H2,1-2H3. The SMILES string of the molecule is Cc1cc(C)cc(COc2cc(CO)ccc2[N+](=O)[O-])c1. The molecule has 0 heterocycles. The van der Waals surface area contributed by atoms with Crippen molar-refractivity contribution in [3.8, 4) is 5.75 Å². The molecule has 1 N–H and O–H groups in total. The quantitative estimate of drug-likeness (QED) is 0.676. The second-order valence-electron chi connectivity index (χ2n) is 5.00. The van der Waals surface area contributed by atoms with Gasteiger partial charge in [-0.3, -0.25) is 10.1 Å². The third-order valence-electron chi connectivity index (χ3n) is 3.08. The first-order chi connectivity index (χ1) is 9.99. The molecule has 0 radical (unpaired) electrons. The van der Waals surface area contributed by atoms with Crippen LogP contribution in [-0.2, 0) is 13.2 Å². The Morgan fingerprint density at radius 2 is 1.76 bits per heavy atom. The van der Waals surface area contributed by atoms with E-state index in [-0.39, 0.29) is 24.7 Å². The summed E-state index contributed by atoms with van der Waals surface area (Å²) in [7, 11) is 0. The highest BCUT2D eigenvalue weighted by Crippen LogP contribution is 2.29. The van der Waals surface area contributed by atoms with Gasteiger partial charge in [0.2, 0.25) is 0 Å². The average Bonchev–Trinajstić information content (AvgIpc) is 2.43. The van der Waals surface area contributed by atoms with E-state index in [2.05, 4.69) is 6.07 Å². The van der Waals surface area contributed by atoms with Crippen LogP contribution in [0.15, 0.2) is 36.4 Å². The Kier molecular flexibility index (Phi) is 4.55. The highest BCUT2D eigenvalue weighted by Gasteiger charge is 2.15. The number of hydrogen-bond donors (Lipinski definition) is 1. The summed E-state index contributed by atoms with van der Waals surface area (Å²) in [6.07, 6.45) is 0. The molecule has 0 aliphatic heterocycles. The van der Waals surface area contributed by atoms with Crippen LogP contribution in [-0.4, -0.2) is 10.0 Å². The van der Waals surface area contributed by atoms with Gasteiger partial charge in [-0.2, -0.15) is 0 Å². The number of benzene rings is 2. The molecule has 5 nitrogen and oxygen atoms in total. The smallest absolute Gasteiger partial charge is 0.310 e. The van der Waals surface area contributed by atoms with Crippen molar-refractivity contribution in [2.75, 3.05) is 0 Å². The molecular formula is C16H17NO4. The van der Waals surface area contributed by atoms with Crippen LogP contribution in [0.2, 0.25) is 0 Å². The van der Waals surface area contributed by atoms with Gasteiger partial charge in [-0.05, 0) is 37.1 Å². The normalized spacial score (nSPS) is 10.4. The lowest BCUT2D eigenvalue weighted by Crippen LogP contribution is -2.01. The Bertz CT molecular complexity index is 647. The summed E-state index contributed by atoms with van der Waals surface area (Å²) in [5.74, 6) is 0.172. The van der Waals surface area contributed by atoms with Crippen LogP contribution >= 0.6 is 0 Å². The molecule has 0 saturated carbocycles. The van der Waals surface area contributed by atoms with E-state index in [4.69, 9.17) is 9.84 Å². The maximum atomic E-state index is 11.0. The van der Waals surface area contributed by atoms with Gasteiger partial charge in [-0.15, -0.1) is 0 Å². The van der Waals surface area contributed by atoms with Crippen LogP contribution in [0.5, 0.6) is 5.75 Å². The van der Waals surface area contributed by atoms with Gasteiger partial charge in [0.25, 0.3) is 0 Å². The predicted octanol–water partition coefficient (Wildman–Crippen LogP) is 3.28. The Morgan fingerprint density at radius 1 is 1.10 bits per heavy atom. The molecule has 110 valence electrons. The average molecular weight is 287 g/mol. The Morgan fingerprint density at radius 3 is 2.33 bits per heavy atom. The van der Waals surface area contributed by atoms with E-state index in [0.29, 0.717) is 5.56 Å². The van der Waals surface area contributed by atoms with Gasteiger partial charge in [0, 0.05) is 6.07 Å². The highest BCUT2D eigenvalue weighted by molar-refractivity contribution is 5.48. The number of ether oxygens (including phenoxy) is 1. The van der Waals surface area contributed by atoms with Crippen molar-refractivity contribution in [1.82, 2.24) is 0 Å². The molecule has 2 aromatic carbocycles. The summed E-state index contributed by atoms with van der Waals surface area (Å²) < 4.78 is 5.58. The van der Waals surface area contributed by atoms with Gasteiger partial charge in [0.05, 0.1) is 11.5 Å². The summed E-state index contributed by atoms with van der Waals surface area (Å²) in [6, 6.07) is 10.4. The van der Waals surface area contributed by atoms with Crippen molar-refractivity contribution in [3.05, 3.63) is 68.8 Å². The summed E-state index contributed by atoms with van der Waals surface area (Å²) >= 11 is 0. The molecule has 0 saturated heterocycles. The monoisotopic (exact) mass is 287 g/mol. The number of nitro benzene ring substituents is 1. The van der Waals surface area contributed by atoms with Crippen LogP contribution in [0.25, 0.3) is 0 Å². The first-order valence-corrected chi connectivity index (χ1v) is 6.57. The van der Waals surface area contributed by atoms with Gasteiger partial charge >= 0.3 is 5.69 Å². The molecule has 0 aromatic heterocycles. The maximum absolute atomic E-state index is 11.0. The zero-order chi connectivity index (χ0) is 15.4. The molecular weight excluding hydrogens is 270 g/mol. The minimum Gasteiger partial charge on any atom is -0.482 e. The minimum atomic E-state index is -0.488. The number of nitrogens with zero attached hydrogens (tertiary/aromatic N) is 1. The fraction of sp³-hybridized carbons (Fsp3) is 0.250. The molecule has 0 atom stereocenters. The van der Waals surface area contributed by atoms with E-state index in [0.717, 1.165) is 16.7 Å². The Balaban J connectivity index is 2.23. The van der Waals surface area contributed by atoms with Gasteiger partial charge in [-0.1, -0.05) is 29.3 Å². The number of hydrogen-bond acceptors (Lipinski definition) is 4. The molecule has 0 aliphatic rings. The van der Waals surface area contributed by atoms with Crippen LogP contribution in [0.1, 0.15) is 22.3 Å². The van der Waals surface area contributed by atoms with E-state index in [1.807, 2.05) is 26.0 Å². The third-order valence-corrected chi connectivity index (χ3v) is 3.08. The van der Waals surface area contributed by atoms with Crippen molar-refractivity contribution < 1.29 is 14.8 Å². The number of aliphatic hydroxyl groups is 1. The summed E-state index contributed by atoms with van der Waals surface area (Å²) in [4.78, 5) is 10.5. The van der Waals surface area contributed by atoms with Crippen molar-refractivity contribution in [2.24, 2.45) is 0 Å². The summed E-state index contributed by atoms with van der Waals surface area (Å²) in [6.45, 7) is 4.05. The van der Waals surface area contributed by atoms with E-state index < -0.39 is 4.92 Å².